The standard InChI is InChI=1S/C39H31N4O.C21H22NSi.Ir/c1-23(2)30-21-26(25-13-6-5-7-14-25)22-31(24(3)4)35(30)43-38(42-37-39(43)41-33-19-10-9-18-32(33)40-37)29-17-12-16-28-27-15-8-11-20-34(27)44-36(28)29;1-23(2,3)21-16-22-20(18-12-8-5-9-13-18)15-19(21)14-17-10-6-4-7-11-17;/h5-16,18-24H,1-4H3;4-12,15-16H,14H2,1-3H3;/q2*-1;/i;14D2;. The van der Waals surface area contributed by atoms with Crippen LogP contribution in [0.3, 0.4) is 0 Å². The van der Waals surface area contributed by atoms with Crippen molar-refractivity contribution < 1.29 is 27.3 Å². The number of imidazole rings is 1. The van der Waals surface area contributed by atoms with Crippen LogP contribution in [-0.2, 0) is 26.5 Å². The molecule has 0 N–H and O–H groups in total. The van der Waals surface area contributed by atoms with E-state index in [1.807, 2.05) is 115 Å². The van der Waals surface area contributed by atoms with Gasteiger partial charge in [0.2, 0.25) is 0 Å². The van der Waals surface area contributed by atoms with Crippen LogP contribution in [0, 0.1) is 12.1 Å². The zero-order valence-electron chi connectivity index (χ0n) is 41.3. The number of nitrogens with zero attached hydrogens (tertiary/aromatic N) is 5. The number of pyridine rings is 1. The Morgan fingerprint density at radius 2 is 1.29 bits per heavy atom. The molecule has 0 spiro atoms. The summed E-state index contributed by atoms with van der Waals surface area (Å²) in [5.74, 6) is 1.18. The Kier molecular flexibility index (Phi) is 12.5. The summed E-state index contributed by atoms with van der Waals surface area (Å²) in [5, 5.41) is 3.16. The maximum absolute atomic E-state index is 8.84. The van der Waals surface area contributed by atoms with Crippen molar-refractivity contribution in [1.29, 1.82) is 0 Å². The smallest absolute Gasteiger partial charge is 0.188 e. The van der Waals surface area contributed by atoms with Crippen molar-refractivity contribution in [3.05, 3.63) is 204 Å². The van der Waals surface area contributed by atoms with Gasteiger partial charge in [0.15, 0.2) is 11.3 Å². The summed E-state index contributed by atoms with van der Waals surface area (Å²) in [4.78, 5) is 20.0. The van der Waals surface area contributed by atoms with Gasteiger partial charge in [0.1, 0.15) is 5.58 Å². The first-order valence-corrected chi connectivity index (χ1v) is 26.5. The third kappa shape index (κ3) is 9.12. The van der Waals surface area contributed by atoms with E-state index in [4.69, 9.17) is 22.1 Å². The van der Waals surface area contributed by atoms with E-state index in [0.717, 1.165) is 77.7 Å². The fourth-order valence-electron chi connectivity index (χ4n) is 8.84. The van der Waals surface area contributed by atoms with Gasteiger partial charge in [-0.1, -0.05) is 161 Å². The van der Waals surface area contributed by atoms with Crippen LogP contribution in [-0.4, -0.2) is 32.6 Å². The van der Waals surface area contributed by atoms with Crippen molar-refractivity contribution in [2.45, 2.75) is 65.5 Å². The van der Waals surface area contributed by atoms with Crippen LogP contribution in [0.2, 0.25) is 19.6 Å². The minimum absolute atomic E-state index is 0. The number of para-hydroxylation sites is 3. The average molecular weight is 1080 g/mol. The molecule has 68 heavy (non-hydrogen) atoms. The molecule has 0 aliphatic carbocycles. The first kappa shape index (κ1) is 43.7. The van der Waals surface area contributed by atoms with Gasteiger partial charge >= 0.3 is 0 Å². The van der Waals surface area contributed by atoms with Crippen molar-refractivity contribution in [2.75, 3.05) is 0 Å². The molecule has 11 aromatic rings. The summed E-state index contributed by atoms with van der Waals surface area (Å²) in [6.45, 7) is 15.7. The first-order chi connectivity index (χ1) is 33.3. The molecular formula is C60H53IrN5OSi-2. The van der Waals surface area contributed by atoms with Crippen molar-refractivity contribution in [2.24, 2.45) is 0 Å². The van der Waals surface area contributed by atoms with Crippen molar-refractivity contribution in [3.63, 3.8) is 0 Å². The number of rotatable bonds is 9. The molecule has 8 heteroatoms. The molecule has 4 heterocycles. The Labute approximate surface area is 416 Å². The van der Waals surface area contributed by atoms with Gasteiger partial charge in [0.05, 0.1) is 30.5 Å². The van der Waals surface area contributed by atoms with E-state index < -0.39 is 14.4 Å². The van der Waals surface area contributed by atoms with Crippen LogP contribution in [0.1, 0.15) is 64.5 Å². The molecule has 0 aliphatic rings. The molecule has 0 fully saturated rings. The van der Waals surface area contributed by atoms with Crippen LogP contribution in [0.25, 0.3) is 83.7 Å². The van der Waals surface area contributed by atoms with E-state index in [2.05, 4.69) is 124 Å². The zero-order valence-corrected chi connectivity index (χ0v) is 42.7. The van der Waals surface area contributed by atoms with Crippen molar-refractivity contribution >= 4 is 57.5 Å². The predicted octanol–water partition coefficient (Wildman–Crippen LogP) is 14.9. The number of furan rings is 1. The van der Waals surface area contributed by atoms with E-state index in [-0.39, 0.29) is 31.9 Å². The molecule has 7 aromatic carbocycles. The van der Waals surface area contributed by atoms with Gasteiger partial charge in [-0.25, -0.2) is 9.97 Å². The summed E-state index contributed by atoms with van der Waals surface area (Å²) in [5.41, 5.74) is 14.3. The molecular weight excluding hydrogens is 1030 g/mol. The van der Waals surface area contributed by atoms with Crippen LogP contribution < -0.4 is 5.19 Å². The second-order valence-electron chi connectivity index (χ2n) is 18.6. The normalized spacial score (nSPS) is 12.3. The number of hydrogen-bond acceptors (Lipinski definition) is 5. The fraction of sp³-hybridized carbons (Fsp3) is 0.167. The molecule has 0 saturated heterocycles. The molecule has 6 nitrogen and oxygen atoms in total. The number of aromatic nitrogens is 5. The summed E-state index contributed by atoms with van der Waals surface area (Å²) in [6, 6.07) is 61.1. The van der Waals surface area contributed by atoms with Gasteiger partial charge in [-0.2, -0.15) is 0 Å². The van der Waals surface area contributed by atoms with Gasteiger partial charge in [-0.15, -0.1) is 54.1 Å². The predicted molar refractivity (Wildman–Crippen MR) is 280 cm³/mol. The minimum atomic E-state index is -1.76. The van der Waals surface area contributed by atoms with E-state index in [9.17, 15) is 0 Å². The maximum atomic E-state index is 8.84. The van der Waals surface area contributed by atoms with Crippen LogP contribution in [0.15, 0.2) is 174 Å². The quantitative estimate of drug-likeness (QED) is 0.106. The molecule has 0 aliphatic heterocycles. The Bertz CT molecular complexity index is 3610. The number of benzene rings is 7. The average Bonchev–Trinajstić information content (AvgIpc) is 3.94. The van der Waals surface area contributed by atoms with E-state index in [1.54, 1.807) is 0 Å². The third-order valence-corrected chi connectivity index (χ3v) is 14.2. The van der Waals surface area contributed by atoms with Gasteiger partial charge < -0.3 is 14.0 Å². The second-order valence-corrected chi connectivity index (χ2v) is 23.7. The molecule has 1 radical (unpaired) electrons. The van der Waals surface area contributed by atoms with Crippen molar-refractivity contribution in [1.82, 2.24) is 24.5 Å². The number of hydrogen-bond donors (Lipinski definition) is 0. The van der Waals surface area contributed by atoms with Gasteiger partial charge in [0, 0.05) is 40.1 Å². The minimum Gasteiger partial charge on any atom is -0.501 e. The van der Waals surface area contributed by atoms with Crippen LogP contribution in [0.5, 0.6) is 0 Å². The number of fused-ring (bicyclic) bond motifs is 5. The maximum Gasteiger partial charge on any atom is 0.188 e. The molecule has 0 saturated carbocycles. The Hall–Kier alpha value is -6.83. The first-order valence-electron chi connectivity index (χ1n) is 24.0. The van der Waals surface area contributed by atoms with Crippen molar-refractivity contribution in [3.8, 4) is 39.5 Å². The summed E-state index contributed by atoms with van der Waals surface area (Å²) in [7, 11) is -1.76. The zero-order chi connectivity index (χ0) is 48.0. The van der Waals surface area contributed by atoms with E-state index >= 15 is 0 Å². The summed E-state index contributed by atoms with van der Waals surface area (Å²) < 4.78 is 26.4. The monoisotopic (exact) mass is 1080 g/mol. The molecule has 0 bridgehead atoms. The Morgan fingerprint density at radius 3 is 1.97 bits per heavy atom. The summed E-state index contributed by atoms with van der Waals surface area (Å²) in [6.07, 6.45) is 0.307. The third-order valence-electron chi connectivity index (χ3n) is 12.2. The van der Waals surface area contributed by atoms with Crippen LogP contribution >= 0.6 is 0 Å². The molecule has 4 aromatic heterocycles. The largest absolute Gasteiger partial charge is 0.501 e. The Morgan fingerprint density at radius 1 is 0.647 bits per heavy atom. The molecule has 0 amide bonds. The molecule has 339 valence electrons. The van der Waals surface area contributed by atoms with Crippen LogP contribution in [0.4, 0.5) is 0 Å². The molecule has 11 rings (SSSR count). The second kappa shape index (κ2) is 19.4. The summed E-state index contributed by atoms with van der Waals surface area (Å²) >= 11 is 0. The van der Waals surface area contributed by atoms with Gasteiger partial charge in [-0.3, -0.25) is 4.98 Å². The topological polar surface area (TPSA) is 69.6 Å². The molecule has 0 atom stereocenters. The van der Waals surface area contributed by atoms with Gasteiger partial charge in [-0.05, 0) is 87.2 Å². The Balaban J connectivity index is 0.000000200. The SMILES string of the molecule is CC(C)c1cc(-c2ccccc2)cc(C(C)C)c1-n1c(-c2[c-]ccc3c2oc2ccccc23)nc2nc3ccccc3nc21.[2H]C([2H])(c1ccccc1)c1cc(-c2[c-]cccc2)ncc1[Si](C)(C)C.[Ir]. The fourth-order valence-corrected chi connectivity index (χ4v) is 10.2. The molecule has 0 unspecified atom stereocenters. The van der Waals surface area contributed by atoms with E-state index in [0.29, 0.717) is 11.2 Å². The van der Waals surface area contributed by atoms with E-state index in [1.165, 1.54) is 22.3 Å². The van der Waals surface area contributed by atoms with Gasteiger partial charge in [0.25, 0.3) is 0 Å².